The highest BCUT2D eigenvalue weighted by atomic mass is 19.3. The third-order valence-electron chi connectivity index (χ3n) is 8.82. The standard InChI is InChI=1S/C39H37F7O/c1-3-5-6-8-24-9-11-25(12-10-24)26-13-15-27(16-14-26)28-17-18-31(33(40)19-28)29-20-36(43)38(37(44)21-29)39(45,46)47-30-22-34(41)32(7-4-2)35(42)23-30/h6,8,13-25H,3-5,7,9-12H2,1-2H3. The summed E-state index contributed by atoms with van der Waals surface area (Å²) in [6, 6.07) is 14.3. The molecule has 1 aliphatic carbocycles. The van der Waals surface area contributed by atoms with Gasteiger partial charge in [-0.1, -0.05) is 75.2 Å². The molecule has 0 amide bonds. The minimum Gasteiger partial charge on any atom is -0.429 e. The maximum absolute atomic E-state index is 15.3. The smallest absolute Gasteiger partial charge is 0.429 e. The fourth-order valence-corrected chi connectivity index (χ4v) is 6.31. The van der Waals surface area contributed by atoms with Crippen LogP contribution in [0, 0.1) is 35.0 Å². The minimum atomic E-state index is -4.63. The quantitative estimate of drug-likeness (QED) is 0.116. The number of allylic oxidation sites excluding steroid dienone is 2. The first-order valence-electron chi connectivity index (χ1n) is 16.1. The van der Waals surface area contributed by atoms with Crippen molar-refractivity contribution >= 4 is 0 Å². The van der Waals surface area contributed by atoms with E-state index in [4.69, 9.17) is 0 Å². The van der Waals surface area contributed by atoms with Crippen LogP contribution in [0.5, 0.6) is 5.75 Å². The maximum atomic E-state index is 15.3. The van der Waals surface area contributed by atoms with Crippen molar-refractivity contribution < 1.29 is 35.5 Å². The molecule has 1 nitrogen and oxygen atoms in total. The van der Waals surface area contributed by atoms with Gasteiger partial charge in [-0.2, -0.15) is 8.78 Å². The van der Waals surface area contributed by atoms with Gasteiger partial charge in [-0.05, 0) is 90.8 Å². The van der Waals surface area contributed by atoms with Crippen molar-refractivity contribution in [2.24, 2.45) is 5.92 Å². The third kappa shape index (κ3) is 7.91. The van der Waals surface area contributed by atoms with E-state index in [0.717, 1.165) is 44.1 Å². The molecule has 1 fully saturated rings. The van der Waals surface area contributed by atoms with Crippen molar-refractivity contribution in [3.63, 3.8) is 0 Å². The molecule has 5 rings (SSSR count). The summed E-state index contributed by atoms with van der Waals surface area (Å²) in [7, 11) is 0. The van der Waals surface area contributed by atoms with Gasteiger partial charge in [0, 0.05) is 23.3 Å². The lowest BCUT2D eigenvalue weighted by Crippen LogP contribution is -2.25. The van der Waals surface area contributed by atoms with Gasteiger partial charge in [0.25, 0.3) is 0 Å². The monoisotopic (exact) mass is 654 g/mol. The summed E-state index contributed by atoms with van der Waals surface area (Å²) in [5.74, 6) is -6.28. The van der Waals surface area contributed by atoms with Crippen molar-refractivity contribution in [1.29, 1.82) is 0 Å². The largest absolute Gasteiger partial charge is 0.432 e. The Morgan fingerprint density at radius 3 is 1.85 bits per heavy atom. The SMILES string of the molecule is CCCC=CC1CCC(c2ccc(-c3ccc(-c4cc(F)c(C(F)(F)Oc5cc(F)c(CCC)c(F)c5)c(F)c4)c(F)c3)cc2)CC1. The molecule has 1 saturated carbocycles. The van der Waals surface area contributed by atoms with Crippen molar-refractivity contribution in [2.75, 3.05) is 0 Å². The van der Waals surface area contributed by atoms with E-state index in [0.29, 0.717) is 48.1 Å². The van der Waals surface area contributed by atoms with E-state index in [1.165, 1.54) is 17.7 Å². The zero-order valence-corrected chi connectivity index (χ0v) is 26.4. The molecule has 0 heterocycles. The maximum Gasteiger partial charge on any atom is 0.432 e. The molecule has 47 heavy (non-hydrogen) atoms. The molecule has 0 radical (unpaired) electrons. The van der Waals surface area contributed by atoms with Crippen LogP contribution in [0.2, 0.25) is 0 Å². The first-order valence-corrected chi connectivity index (χ1v) is 16.1. The van der Waals surface area contributed by atoms with Crippen LogP contribution in [0.3, 0.4) is 0 Å². The lowest BCUT2D eigenvalue weighted by molar-refractivity contribution is -0.189. The first-order chi connectivity index (χ1) is 22.5. The molecule has 8 heteroatoms. The van der Waals surface area contributed by atoms with Crippen LogP contribution in [-0.2, 0) is 12.5 Å². The number of alkyl halides is 2. The second-order valence-corrected chi connectivity index (χ2v) is 12.2. The van der Waals surface area contributed by atoms with Crippen molar-refractivity contribution in [3.05, 3.63) is 125 Å². The molecular weight excluding hydrogens is 617 g/mol. The van der Waals surface area contributed by atoms with Gasteiger partial charge in [-0.15, -0.1) is 0 Å². The molecule has 248 valence electrons. The highest BCUT2D eigenvalue weighted by molar-refractivity contribution is 5.71. The molecule has 0 saturated heterocycles. The third-order valence-corrected chi connectivity index (χ3v) is 8.82. The average Bonchev–Trinajstić information content (AvgIpc) is 3.02. The number of hydrogen-bond acceptors (Lipinski definition) is 1. The van der Waals surface area contributed by atoms with E-state index in [9.17, 15) is 17.6 Å². The predicted molar refractivity (Wildman–Crippen MR) is 171 cm³/mol. The van der Waals surface area contributed by atoms with Gasteiger partial charge >= 0.3 is 6.11 Å². The van der Waals surface area contributed by atoms with E-state index in [1.807, 2.05) is 24.3 Å². The minimum absolute atomic E-state index is 0.0291. The fraction of sp³-hybridized carbons (Fsp3) is 0.333. The van der Waals surface area contributed by atoms with E-state index >= 15 is 13.2 Å². The number of ether oxygens (including phenoxy) is 1. The van der Waals surface area contributed by atoms with Crippen LogP contribution >= 0.6 is 0 Å². The molecule has 0 atom stereocenters. The zero-order chi connectivity index (χ0) is 33.7. The number of benzene rings is 4. The second-order valence-electron chi connectivity index (χ2n) is 12.2. The number of unbranched alkanes of at least 4 members (excludes halogenated alkanes) is 1. The summed E-state index contributed by atoms with van der Waals surface area (Å²) in [4.78, 5) is 0. The lowest BCUT2D eigenvalue weighted by Gasteiger charge is -2.27. The van der Waals surface area contributed by atoms with Crippen molar-refractivity contribution in [1.82, 2.24) is 0 Å². The molecule has 1 aliphatic rings. The molecule has 0 spiro atoms. The van der Waals surface area contributed by atoms with E-state index in [1.54, 1.807) is 13.0 Å². The predicted octanol–water partition coefficient (Wildman–Crippen LogP) is 12.4. The number of hydrogen-bond donors (Lipinski definition) is 0. The van der Waals surface area contributed by atoms with E-state index in [-0.39, 0.29) is 23.1 Å². The summed E-state index contributed by atoms with van der Waals surface area (Å²) in [5, 5.41) is 0. The van der Waals surface area contributed by atoms with Gasteiger partial charge in [0.15, 0.2) is 0 Å². The van der Waals surface area contributed by atoms with Crippen LogP contribution in [0.4, 0.5) is 30.7 Å². The van der Waals surface area contributed by atoms with Gasteiger partial charge in [-0.3, -0.25) is 0 Å². The van der Waals surface area contributed by atoms with Crippen LogP contribution in [0.15, 0.2) is 78.9 Å². The Balaban J connectivity index is 1.30. The van der Waals surface area contributed by atoms with Gasteiger partial charge in [-0.25, -0.2) is 22.0 Å². The molecule has 0 N–H and O–H groups in total. The topological polar surface area (TPSA) is 9.23 Å². The summed E-state index contributed by atoms with van der Waals surface area (Å²) >= 11 is 0. The molecule has 0 aromatic heterocycles. The molecule has 0 unspecified atom stereocenters. The highest BCUT2D eigenvalue weighted by Crippen LogP contribution is 2.40. The Morgan fingerprint density at radius 1 is 0.681 bits per heavy atom. The summed E-state index contributed by atoms with van der Waals surface area (Å²) in [6.45, 7) is 3.86. The van der Waals surface area contributed by atoms with Crippen molar-refractivity contribution in [2.45, 2.75) is 77.2 Å². The van der Waals surface area contributed by atoms with E-state index < -0.39 is 46.5 Å². The highest BCUT2D eigenvalue weighted by Gasteiger charge is 2.41. The summed E-state index contributed by atoms with van der Waals surface area (Å²) in [5.41, 5.74) is -0.0337. The molecule has 0 bridgehead atoms. The van der Waals surface area contributed by atoms with Crippen LogP contribution in [-0.4, -0.2) is 0 Å². The molecule has 4 aromatic rings. The normalized spacial score (nSPS) is 17.0. The average molecular weight is 655 g/mol. The Labute approximate surface area is 271 Å². The summed E-state index contributed by atoms with van der Waals surface area (Å²) in [6.07, 6.45) is 7.22. The first kappa shape index (κ1) is 34.3. The van der Waals surface area contributed by atoms with Gasteiger partial charge in [0.1, 0.15) is 40.4 Å². The fourth-order valence-electron chi connectivity index (χ4n) is 6.31. The van der Waals surface area contributed by atoms with Crippen LogP contribution in [0.25, 0.3) is 22.3 Å². The Kier molecular flexibility index (Phi) is 10.8. The Morgan fingerprint density at radius 2 is 1.28 bits per heavy atom. The van der Waals surface area contributed by atoms with Crippen LogP contribution < -0.4 is 4.74 Å². The molecule has 0 aliphatic heterocycles. The molecule has 4 aromatic carbocycles. The number of halogens is 7. The Hall–Kier alpha value is -4.07. The summed E-state index contributed by atoms with van der Waals surface area (Å²) < 4.78 is 108. The zero-order valence-electron chi connectivity index (χ0n) is 26.4. The van der Waals surface area contributed by atoms with Gasteiger partial charge < -0.3 is 4.74 Å². The van der Waals surface area contributed by atoms with E-state index in [2.05, 4.69) is 23.8 Å². The lowest BCUT2D eigenvalue weighted by atomic mass is 9.78. The van der Waals surface area contributed by atoms with Crippen molar-refractivity contribution in [3.8, 4) is 28.0 Å². The van der Waals surface area contributed by atoms with Gasteiger partial charge in [0.2, 0.25) is 0 Å². The molecular formula is C39H37F7O. The van der Waals surface area contributed by atoms with Crippen LogP contribution in [0.1, 0.15) is 81.4 Å². The number of rotatable bonds is 11. The second kappa shape index (κ2) is 14.8. The Bertz CT molecular complexity index is 1670. The van der Waals surface area contributed by atoms with Gasteiger partial charge in [0.05, 0.1) is 0 Å².